The van der Waals surface area contributed by atoms with E-state index < -0.39 is 15.7 Å². The monoisotopic (exact) mass is 452 g/mol. The van der Waals surface area contributed by atoms with Crippen molar-refractivity contribution in [3.8, 4) is 5.75 Å². The summed E-state index contributed by atoms with van der Waals surface area (Å²) in [6.45, 7) is 7.58. The molecule has 0 bridgehead atoms. The molecule has 2 aromatic rings. The Kier molecular flexibility index (Phi) is 6.02. The lowest BCUT2D eigenvalue weighted by Crippen LogP contribution is -2.39. The molecule has 2 heterocycles. The molecule has 9 heteroatoms. The summed E-state index contributed by atoms with van der Waals surface area (Å²) >= 11 is 6.50. The van der Waals surface area contributed by atoms with Gasteiger partial charge in [-0.15, -0.1) is 0 Å². The Balaban J connectivity index is 2.11. The van der Waals surface area contributed by atoms with Gasteiger partial charge in [0.15, 0.2) is 9.84 Å². The number of nitrogens with one attached hydrogen (secondary N) is 1. The first-order valence-corrected chi connectivity index (χ1v) is 11.9. The molecule has 3 rings (SSSR count). The van der Waals surface area contributed by atoms with E-state index in [-0.39, 0.29) is 46.0 Å². The van der Waals surface area contributed by atoms with Gasteiger partial charge < -0.3 is 14.6 Å². The molecular formula is C21H25ClN2O5S. The normalized spacial score (nSPS) is 14.2. The second-order valence-corrected chi connectivity index (χ2v) is 10.3. The Bertz CT molecular complexity index is 1180. The summed E-state index contributed by atoms with van der Waals surface area (Å²) in [7, 11) is -3.60. The van der Waals surface area contributed by atoms with Crippen LogP contribution in [-0.4, -0.2) is 43.1 Å². The van der Waals surface area contributed by atoms with Crippen LogP contribution in [-0.2, 0) is 22.8 Å². The number of halogens is 1. The summed E-state index contributed by atoms with van der Waals surface area (Å²) in [6.07, 6.45) is 1.16. The number of rotatable bonds is 5. The number of carbonyl (C=O) groups is 1. The van der Waals surface area contributed by atoms with Crippen LogP contribution in [0.4, 0.5) is 0 Å². The number of hydrogen-bond acceptors (Lipinski definition) is 5. The summed E-state index contributed by atoms with van der Waals surface area (Å²) in [5, 5.41) is 0.0929. The highest BCUT2D eigenvalue weighted by molar-refractivity contribution is 7.90. The van der Waals surface area contributed by atoms with E-state index in [1.807, 2.05) is 13.0 Å². The number of aromatic amines is 1. The minimum absolute atomic E-state index is 0.0508. The van der Waals surface area contributed by atoms with Gasteiger partial charge in [0.25, 0.3) is 11.5 Å². The van der Waals surface area contributed by atoms with Crippen LogP contribution in [0.2, 0.25) is 5.02 Å². The highest BCUT2D eigenvalue weighted by Gasteiger charge is 2.34. The van der Waals surface area contributed by atoms with E-state index >= 15 is 0 Å². The van der Waals surface area contributed by atoms with Gasteiger partial charge in [0.2, 0.25) is 0 Å². The molecule has 162 valence electrons. The first-order chi connectivity index (χ1) is 13.9. The van der Waals surface area contributed by atoms with Gasteiger partial charge >= 0.3 is 0 Å². The zero-order valence-corrected chi connectivity index (χ0v) is 19.2. The first kappa shape index (κ1) is 22.4. The Morgan fingerprint density at radius 3 is 2.47 bits per heavy atom. The largest absolute Gasteiger partial charge is 0.489 e. The van der Waals surface area contributed by atoms with Crippen molar-refractivity contribution in [1.29, 1.82) is 0 Å². The topological polar surface area (TPSA) is 96.5 Å². The molecule has 0 saturated heterocycles. The third-order valence-corrected chi connectivity index (χ3v) is 6.57. The predicted molar refractivity (Wildman–Crippen MR) is 115 cm³/mol. The maximum absolute atomic E-state index is 13.3. The van der Waals surface area contributed by atoms with E-state index in [9.17, 15) is 18.0 Å². The summed E-state index contributed by atoms with van der Waals surface area (Å²) in [4.78, 5) is 30.0. The number of aryl methyl sites for hydroxylation is 2. The van der Waals surface area contributed by atoms with Crippen LogP contribution < -0.4 is 10.3 Å². The van der Waals surface area contributed by atoms with E-state index in [1.54, 1.807) is 20.8 Å². The second kappa shape index (κ2) is 8.07. The average molecular weight is 453 g/mol. The summed E-state index contributed by atoms with van der Waals surface area (Å²) in [5.41, 5.74) is 2.30. The van der Waals surface area contributed by atoms with Crippen molar-refractivity contribution in [2.75, 3.05) is 12.8 Å². The fourth-order valence-electron chi connectivity index (χ4n) is 3.72. The highest BCUT2D eigenvalue weighted by Crippen LogP contribution is 2.39. The molecule has 7 nitrogen and oxygen atoms in total. The maximum Gasteiger partial charge on any atom is 0.256 e. The third-order valence-electron chi connectivity index (χ3n) is 5.03. The maximum atomic E-state index is 13.3. The fraction of sp³-hybridized carbons (Fsp3) is 0.429. The fourth-order valence-corrected chi connectivity index (χ4v) is 4.98. The predicted octanol–water partition coefficient (Wildman–Crippen LogP) is 3.03. The molecule has 0 atom stereocenters. The summed E-state index contributed by atoms with van der Waals surface area (Å²) in [6, 6.07) is 3.25. The van der Waals surface area contributed by atoms with Gasteiger partial charge in [-0.3, -0.25) is 9.59 Å². The van der Waals surface area contributed by atoms with E-state index in [4.69, 9.17) is 16.3 Å². The van der Waals surface area contributed by atoms with E-state index in [0.29, 0.717) is 17.5 Å². The lowest BCUT2D eigenvalue weighted by Gasteiger charge is -2.31. The van der Waals surface area contributed by atoms with Crippen LogP contribution in [0.15, 0.2) is 21.8 Å². The first-order valence-electron chi connectivity index (χ1n) is 9.61. The molecule has 1 amide bonds. The minimum atomic E-state index is -3.60. The quantitative estimate of drug-likeness (QED) is 0.752. The zero-order chi connectivity index (χ0) is 22.4. The highest BCUT2D eigenvalue weighted by atomic mass is 35.5. The molecule has 0 radical (unpaired) electrons. The van der Waals surface area contributed by atoms with Gasteiger partial charge in [-0.1, -0.05) is 11.6 Å². The van der Waals surface area contributed by atoms with Gasteiger partial charge in [-0.05, 0) is 51.3 Å². The SMILES string of the molecule is Cc1cc(C)c(CN2CCc3c(S(C)(=O)=O)cc(OC(C)C)c(Cl)c3C2=O)c(=O)[nH]1. The van der Waals surface area contributed by atoms with Gasteiger partial charge in [-0.2, -0.15) is 0 Å². The molecule has 0 fully saturated rings. The number of carbonyl (C=O) groups excluding carboxylic acids is 1. The Morgan fingerprint density at radius 2 is 1.90 bits per heavy atom. The number of amides is 1. The molecule has 30 heavy (non-hydrogen) atoms. The van der Waals surface area contributed by atoms with Crippen LogP contribution in [0.3, 0.4) is 0 Å². The molecule has 1 aliphatic heterocycles. The molecule has 0 aliphatic carbocycles. The van der Waals surface area contributed by atoms with Crippen molar-refractivity contribution in [1.82, 2.24) is 9.88 Å². The number of sulfone groups is 1. The lowest BCUT2D eigenvalue weighted by atomic mass is 9.97. The Hall–Kier alpha value is -2.32. The molecule has 1 N–H and O–H groups in total. The van der Waals surface area contributed by atoms with Gasteiger partial charge in [-0.25, -0.2) is 8.42 Å². The number of H-pyrrole nitrogens is 1. The van der Waals surface area contributed by atoms with Crippen molar-refractivity contribution in [3.63, 3.8) is 0 Å². The van der Waals surface area contributed by atoms with Gasteiger partial charge in [0, 0.05) is 30.1 Å². The third kappa shape index (κ3) is 4.25. The molecule has 1 aromatic heterocycles. The second-order valence-electron chi connectivity index (χ2n) is 7.90. The van der Waals surface area contributed by atoms with Crippen LogP contribution in [0.25, 0.3) is 0 Å². The number of pyridine rings is 1. The van der Waals surface area contributed by atoms with Gasteiger partial charge in [0.1, 0.15) is 5.75 Å². The minimum Gasteiger partial charge on any atom is -0.489 e. The van der Waals surface area contributed by atoms with Crippen molar-refractivity contribution in [2.45, 2.75) is 51.7 Å². The lowest BCUT2D eigenvalue weighted by molar-refractivity contribution is 0.0724. The molecule has 0 saturated carbocycles. The number of aromatic nitrogens is 1. The van der Waals surface area contributed by atoms with Crippen molar-refractivity contribution in [3.05, 3.63) is 55.5 Å². The van der Waals surface area contributed by atoms with E-state index in [2.05, 4.69) is 4.98 Å². The Morgan fingerprint density at radius 1 is 1.23 bits per heavy atom. The standard InChI is InChI=1S/C21H25ClN2O5S/c1-11(2)29-16-9-17(30(5,27)28)14-6-7-24(21(26)18(14)19(16)22)10-15-12(3)8-13(4)23-20(15)25/h8-9,11H,6-7,10H2,1-5H3,(H,23,25). The molecular weight excluding hydrogens is 428 g/mol. The summed E-state index contributed by atoms with van der Waals surface area (Å²) in [5.74, 6) is -0.259. The van der Waals surface area contributed by atoms with Crippen molar-refractivity contribution >= 4 is 27.3 Å². The molecule has 1 aliphatic rings. The molecule has 1 aromatic carbocycles. The van der Waals surface area contributed by atoms with Crippen molar-refractivity contribution in [2.24, 2.45) is 0 Å². The average Bonchev–Trinajstić information content (AvgIpc) is 2.60. The Labute approximate surface area is 180 Å². The molecule has 0 unspecified atom stereocenters. The van der Waals surface area contributed by atoms with Crippen LogP contribution in [0.1, 0.15) is 46.6 Å². The number of fused-ring (bicyclic) bond motifs is 1. The number of ether oxygens (including phenoxy) is 1. The number of hydrogen-bond donors (Lipinski definition) is 1. The van der Waals surface area contributed by atoms with E-state index in [1.165, 1.54) is 11.0 Å². The van der Waals surface area contributed by atoms with Crippen LogP contribution in [0.5, 0.6) is 5.75 Å². The number of benzene rings is 1. The van der Waals surface area contributed by atoms with Crippen LogP contribution >= 0.6 is 11.6 Å². The summed E-state index contributed by atoms with van der Waals surface area (Å²) < 4.78 is 30.4. The van der Waals surface area contributed by atoms with Crippen molar-refractivity contribution < 1.29 is 17.9 Å². The molecule has 0 spiro atoms. The smallest absolute Gasteiger partial charge is 0.256 e. The number of nitrogens with zero attached hydrogens (tertiary/aromatic N) is 1. The van der Waals surface area contributed by atoms with Crippen LogP contribution in [0, 0.1) is 13.8 Å². The van der Waals surface area contributed by atoms with E-state index in [0.717, 1.165) is 17.5 Å². The zero-order valence-electron chi connectivity index (χ0n) is 17.6. The van der Waals surface area contributed by atoms with Gasteiger partial charge in [0.05, 0.1) is 28.1 Å².